The first kappa shape index (κ1) is 16.2. The smallest absolute Gasteiger partial charge is 0.239 e. The first-order valence-corrected chi connectivity index (χ1v) is 8.77. The summed E-state index contributed by atoms with van der Waals surface area (Å²) in [5, 5.41) is 3.56. The van der Waals surface area contributed by atoms with Crippen molar-refractivity contribution in [2.24, 2.45) is 0 Å². The predicted octanol–water partition coefficient (Wildman–Crippen LogP) is 4.25. The van der Waals surface area contributed by atoms with Gasteiger partial charge in [-0.05, 0) is 24.6 Å². The number of carbonyl (C=O) groups is 1. The van der Waals surface area contributed by atoms with Gasteiger partial charge in [0.2, 0.25) is 5.91 Å². The maximum absolute atomic E-state index is 12.1. The number of amides is 1. The van der Waals surface area contributed by atoms with Crippen LogP contribution >= 0.6 is 27.3 Å². The molecule has 1 atom stereocenters. The van der Waals surface area contributed by atoms with Crippen LogP contribution in [0.15, 0.2) is 18.2 Å². The van der Waals surface area contributed by atoms with Crippen LogP contribution in [0.25, 0.3) is 10.2 Å². The molecule has 6 heteroatoms. The molecule has 1 heterocycles. The third-order valence-corrected chi connectivity index (χ3v) is 5.02. The van der Waals surface area contributed by atoms with Gasteiger partial charge in [-0.2, -0.15) is 0 Å². The molecule has 2 rings (SSSR count). The number of benzene rings is 1. The number of carbonyl (C=O) groups excluding carboxylic acids is 1. The van der Waals surface area contributed by atoms with Crippen molar-refractivity contribution < 1.29 is 4.79 Å². The summed E-state index contributed by atoms with van der Waals surface area (Å²) in [7, 11) is 4.02. The highest BCUT2D eigenvalue weighted by Crippen LogP contribution is 2.29. The lowest BCUT2D eigenvalue weighted by molar-refractivity contribution is -0.115. The van der Waals surface area contributed by atoms with Crippen LogP contribution in [0, 0.1) is 0 Å². The molecule has 1 amide bonds. The number of thiazole rings is 1. The summed E-state index contributed by atoms with van der Waals surface area (Å²) in [6.07, 6.45) is 2.97. The molecule has 0 aliphatic rings. The number of nitrogens with zero attached hydrogens (tertiary/aromatic N) is 2. The summed E-state index contributed by atoms with van der Waals surface area (Å²) >= 11 is 4.94. The maximum Gasteiger partial charge on any atom is 0.239 e. The van der Waals surface area contributed by atoms with E-state index in [0.29, 0.717) is 5.13 Å². The average molecular weight is 370 g/mol. The maximum atomic E-state index is 12.1. The lowest BCUT2D eigenvalue weighted by atomic mass is 10.2. The van der Waals surface area contributed by atoms with E-state index in [4.69, 9.17) is 0 Å². The number of alkyl halides is 1. The fourth-order valence-corrected chi connectivity index (χ4v) is 3.28. The molecule has 0 radical (unpaired) electrons. The van der Waals surface area contributed by atoms with Gasteiger partial charge < -0.3 is 10.2 Å². The number of halogens is 1. The van der Waals surface area contributed by atoms with E-state index < -0.39 is 0 Å². The summed E-state index contributed by atoms with van der Waals surface area (Å²) in [6.45, 7) is 2.12. The van der Waals surface area contributed by atoms with E-state index in [1.807, 2.05) is 26.2 Å². The Kier molecular flexibility index (Phi) is 5.58. The Bertz CT molecular complexity index is 626. The van der Waals surface area contributed by atoms with Crippen molar-refractivity contribution in [1.29, 1.82) is 0 Å². The molecular weight excluding hydrogens is 350 g/mol. The zero-order chi connectivity index (χ0) is 15.4. The summed E-state index contributed by atoms with van der Waals surface area (Å²) < 4.78 is 1.08. The van der Waals surface area contributed by atoms with Gasteiger partial charge >= 0.3 is 0 Å². The van der Waals surface area contributed by atoms with Crippen molar-refractivity contribution in [1.82, 2.24) is 4.98 Å². The standard InChI is InChI=1S/C15H20BrN3OS/c1-4-5-6-11(16)14(20)18-15-17-12-8-7-10(19(2)3)9-13(12)21-15/h7-9,11H,4-6H2,1-3H3,(H,17,18,20). The Balaban J connectivity index is 2.10. The van der Waals surface area contributed by atoms with Gasteiger partial charge in [0.25, 0.3) is 0 Å². The van der Waals surface area contributed by atoms with Gasteiger partial charge in [-0.1, -0.05) is 47.0 Å². The van der Waals surface area contributed by atoms with Crippen LogP contribution in [-0.2, 0) is 4.79 Å². The van der Waals surface area contributed by atoms with Crippen LogP contribution < -0.4 is 10.2 Å². The molecule has 0 aliphatic heterocycles. The predicted molar refractivity (Wildman–Crippen MR) is 94.8 cm³/mol. The molecule has 0 fully saturated rings. The zero-order valence-electron chi connectivity index (χ0n) is 12.5. The SMILES string of the molecule is CCCCC(Br)C(=O)Nc1nc2ccc(N(C)C)cc2s1. The van der Waals surface area contributed by atoms with Crippen molar-refractivity contribution in [3.05, 3.63) is 18.2 Å². The quantitative estimate of drug-likeness (QED) is 0.773. The summed E-state index contributed by atoms with van der Waals surface area (Å²) in [5.41, 5.74) is 2.05. The van der Waals surface area contributed by atoms with Crippen LogP contribution in [-0.4, -0.2) is 29.8 Å². The van der Waals surface area contributed by atoms with Crippen molar-refractivity contribution in [3.8, 4) is 0 Å². The van der Waals surface area contributed by atoms with Crippen molar-refractivity contribution in [2.45, 2.75) is 31.0 Å². The molecular formula is C15H20BrN3OS. The van der Waals surface area contributed by atoms with E-state index in [2.05, 4.69) is 44.1 Å². The molecule has 0 aliphatic carbocycles. The third-order valence-electron chi connectivity index (χ3n) is 3.21. The highest BCUT2D eigenvalue weighted by molar-refractivity contribution is 9.10. The second-order valence-electron chi connectivity index (χ2n) is 5.16. The number of anilines is 2. The molecule has 0 saturated heterocycles. The van der Waals surface area contributed by atoms with E-state index in [9.17, 15) is 4.79 Å². The number of fused-ring (bicyclic) bond motifs is 1. The van der Waals surface area contributed by atoms with Crippen molar-refractivity contribution in [2.75, 3.05) is 24.3 Å². The summed E-state index contributed by atoms with van der Waals surface area (Å²) in [5.74, 6) is -0.0182. The fourth-order valence-electron chi connectivity index (χ4n) is 1.94. The van der Waals surface area contributed by atoms with Crippen LogP contribution in [0.1, 0.15) is 26.2 Å². The van der Waals surface area contributed by atoms with Crippen LogP contribution in [0.5, 0.6) is 0 Å². The molecule has 0 spiro atoms. The van der Waals surface area contributed by atoms with Crippen LogP contribution in [0.4, 0.5) is 10.8 Å². The van der Waals surface area contributed by atoms with Gasteiger partial charge in [0.15, 0.2) is 5.13 Å². The lowest BCUT2D eigenvalue weighted by Crippen LogP contribution is -2.22. The first-order valence-electron chi connectivity index (χ1n) is 7.04. The molecule has 114 valence electrons. The molecule has 21 heavy (non-hydrogen) atoms. The zero-order valence-corrected chi connectivity index (χ0v) is 14.9. The first-order chi connectivity index (χ1) is 10.0. The molecule has 1 unspecified atom stereocenters. The normalized spacial score (nSPS) is 12.4. The largest absolute Gasteiger partial charge is 0.378 e. The number of unbranched alkanes of at least 4 members (excludes halogenated alkanes) is 1. The second kappa shape index (κ2) is 7.22. The molecule has 1 aromatic heterocycles. The van der Waals surface area contributed by atoms with Gasteiger partial charge in [-0.15, -0.1) is 0 Å². The minimum Gasteiger partial charge on any atom is -0.378 e. The molecule has 2 aromatic rings. The average Bonchev–Trinajstić information content (AvgIpc) is 2.85. The molecule has 0 saturated carbocycles. The second-order valence-corrected chi connectivity index (χ2v) is 7.30. The van der Waals surface area contributed by atoms with Gasteiger partial charge in [0.05, 0.1) is 15.0 Å². The number of nitrogens with one attached hydrogen (secondary N) is 1. The van der Waals surface area contributed by atoms with Crippen molar-refractivity contribution >= 4 is 54.2 Å². The van der Waals surface area contributed by atoms with Gasteiger partial charge in [-0.25, -0.2) is 4.98 Å². The Morgan fingerprint density at radius 3 is 2.90 bits per heavy atom. The Morgan fingerprint density at radius 2 is 2.24 bits per heavy atom. The van der Waals surface area contributed by atoms with E-state index in [1.165, 1.54) is 11.3 Å². The number of hydrogen-bond donors (Lipinski definition) is 1. The number of hydrogen-bond acceptors (Lipinski definition) is 4. The monoisotopic (exact) mass is 369 g/mol. The highest BCUT2D eigenvalue weighted by atomic mass is 79.9. The molecule has 1 aromatic carbocycles. The van der Waals surface area contributed by atoms with Crippen LogP contribution in [0.2, 0.25) is 0 Å². The topological polar surface area (TPSA) is 45.2 Å². The number of rotatable bonds is 6. The van der Waals surface area contributed by atoms with Crippen molar-refractivity contribution in [3.63, 3.8) is 0 Å². The third kappa shape index (κ3) is 4.17. The van der Waals surface area contributed by atoms with Crippen LogP contribution in [0.3, 0.4) is 0 Å². The summed E-state index contributed by atoms with van der Waals surface area (Å²) in [4.78, 5) is 18.4. The Labute approximate surface area is 137 Å². The molecule has 0 bridgehead atoms. The van der Waals surface area contributed by atoms with Gasteiger partial charge in [0.1, 0.15) is 0 Å². The lowest BCUT2D eigenvalue weighted by Gasteiger charge is -2.11. The summed E-state index contributed by atoms with van der Waals surface area (Å²) in [6, 6.07) is 6.10. The van der Waals surface area contributed by atoms with E-state index in [-0.39, 0.29) is 10.7 Å². The van der Waals surface area contributed by atoms with E-state index in [1.54, 1.807) is 0 Å². The van der Waals surface area contributed by atoms with Gasteiger partial charge in [-0.3, -0.25) is 4.79 Å². The van der Waals surface area contributed by atoms with E-state index in [0.717, 1.165) is 35.2 Å². The molecule has 4 nitrogen and oxygen atoms in total. The van der Waals surface area contributed by atoms with E-state index >= 15 is 0 Å². The Hall–Kier alpha value is -1.14. The minimum atomic E-state index is -0.151. The number of aromatic nitrogens is 1. The fraction of sp³-hybridized carbons (Fsp3) is 0.467. The highest BCUT2D eigenvalue weighted by Gasteiger charge is 2.16. The van der Waals surface area contributed by atoms with Gasteiger partial charge in [0, 0.05) is 19.8 Å². The Morgan fingerprint density at radius 1 is 1.48 bits per heavy atom. The molecule has 1 N–H and O–H groups in total. The minimum absolute atomic E-state index is 0.0182.